The van der Waals surface area contributed by atoms with Gasteiger partial charge in [-0.15, -0.1) is 0 Å². The highest BCUT2D eigenvalue weighted by molar-refractivity contribution is 6.63. The van der Waals surface area contributed by atoms with Gasteiger partial charge >= 0.3 is 26.4 Å². The fourth-order valence-corrected chi connectivity index (χ4v) is 5.06. The lowest BCUT2D eigenvalue weighted by atomic mass is 10.1. The molecule has 0 aliphatic carbocycles. The Balaban J connectivity index is 0. The number of hydrogen-bond donors (Lipinski definition) is 0. The van der Waals surface area contributed by atoms with Crippen molar-refractivity contribution < 1.29 is 44.0 Å². The smallest absolute Gasteiger partial charge is 0.370 e. The van der Waals surface area contributed by atoms with Crippen molar-refractivity contribution in [3.05, 3.63) is 0 Å². The van der Waals surface area contributed by atoms with Gasteiger partial charge in [-0.25, -0.2) is 0 Å². The third kappa shape index (κ3) is 9.10. The largest absolute Gasteiger partial charge is 0.581 e. The van der Waals surface area contributed by atoms with Crippen molar-refractivity contribution in [2.75, 3.05) is 19.8 Å². The Morgan fingerprint density at radius 2 is 0.964 bits per heavy atom. The van der Waals surface area contributed by atoms with Crippen LogP contribution in [0, 0.1) is 0 Å². The Bertz CT molecular complexity index is 393. The molecule has 0 saturated heterocycles. The van der Waals surface area contributed by atoms with E-state index in [0.29, 0.717) is 0 Å². The number of hydrogen-bond acceptors (Lipinski definition) is 3. The third-order valence-electron chi connectivity index (χ3n) is 3.80. The van der Waals surface area contributed by atoms with Crippen molar-refractivity contribution in [2.24, 2.45) is 0 Å². The Morgan fingerprint density at radius 3 is 1.32 bits per heavy atom. The van der Waals surface area contributed by atoms with Gasteiger partial charge in [0.1, 0.15) is 0 Å². The molecule has 0 amide bonds. The topological polar surface area (TPSA) is 27.7 Å². The highest BCUT2D eigenvalue weighted by Gasteiger charge is 2.76. The summed E-state index contributed by atoms with van der Waals surface area (Å²) >= 11 is 0. The molecule has 0 spiro atoms. The lowest BCUT2D eigenvalue weighted by molar-refractivity contribution is -0.203. The summed E-state index contributed by atoms with van der Waals surface area (Å²) in [6.07, 6.45) is -6.06. The number of unbranched alkanes of at least 4 members (excludes halogenated alkanes) is 4. The quantitative estimate of drug-likeness (QED) is 0.201. The van der Waals surface area contributed by atoms with Gasteiger partial charge in [-0.2, -0.15) is 30.7 Å². The van der Waals surface area contributed by atoms with Crippen molar-refractivity contribution in [3.8, 4) is 0 Å². The van der Waals surface area contributed by atoms with Gasteiger partial charge in [-0.05, 0) is 44.6 Å². The summed E-state index contributed by atoms with van der Waals surface area (Å²) in [5.74, 6) is -4.41. The molecule has 0 heterocycles. The van der Waals surface area contributed by atoms with E-state index in [4.69, 9.17) is 13.3 Å². The molecule has 0 atom stereocenters. The first kappa shape index (κ1) is 30.0. The van der Waals surface area contributed by atoms with Gasteiger partial charge in [-0.3, -0.25) is 0 Å². The van der Waals surface area contributed by atoms with Crippen LogP contribution in [0.15, 0.2) is 0 Å². The van der Waals surface area contributed by atoms with E-state index in [9.17, 15) is 30.7 Å². The minimum absolute atomic E-state index is 0. The second-order valence-corrected chi connectivity index (χ2v) is 8.62. The molecule has 0 N–H and O–H groups in total. The normalized spacial score (nSPS) is 13.5. The van der Waals surface area contributed by atoms with Crippen molar-refractivity contribution >= 4 is 19.8 Å². The molecule has 0 aromatic heterocycles. The van der Waals surface area contributed by atoms with Gasteiger partial charge in [-0.1, -0.05) is 19.3 Å². The molecule has 0 aliphatic heterocycles. The average Bonchev–Trinajstić information content (AvgIpc) is 2.53. The standard InChI is InChI=1S/C16H29F7O3Si.H4Si/c1-4-24-27(25-5-2,26-6-3)16(22,23)14(17,18)12-10-8-7-9-11-13-15(19,20)21;/h4-13H2,1-3H3;1H4. The molecule has 0 saturated carbocycles. The van der Waals surface area contributed by atoms with Crippen molar-refractivity contribution in [3.63, 3.8) is 0 Å². The molecule has 0 bridgehead atoms. The number of halogens is 7. The summed E-state index contributed by atoms with van der Waals surface area (Å²) in [5.41, 5.74) is -4.61. The van der Waals surface area contributed by atoms with Crippen LogP contribution in [-0.2, 0) is 13.3 Å². The zero-order valence-corrected chi connectivity index (χ0v) is 16.9. The first-order valence-electron chi connectivity index (χ1n) is 9.13. The molecular weight excluding hydrogens is 429 g/mol. The molecule has 0 aliphatic rings. The lowest BCUT2D eigenvalue weighted by Gasteiger charge is -2.38. The van der Waals surface area contributed by atoms with Crippen LogP contribution >= 0.6 is 0 Å². The Labute approximate surface area is 167 Å². The molecule has 3 nitrogen and oxygen atoms in total. The minimum Gasteiger partial charge on any atom is -0.370 e. The third-order valence-corrected chi connectivity index (χ3v) is 6.94. The summed E-state index contributed by atoms with van der Waals surface area (Å²) in [4.78, 5) is 0. The molecule has 0 aromatic rings. The highest BCUT2D eigenvalue weighted by Crippen LogP contribution is 2.45. The van der Waals surface area contributed by atoms with Gasteiger partial charge in [0, 0.05) is 32.7 Å². The molecule has 172 valence electrons. The summed E-state index contributed by atoms with van der Waals surface area (Å²) in [6.45, 7) is 3.35. The second-order valence-electron chi connectivity index (χ2n) is 6.02. The molecule has 0 aromatic carbocycles. The first-order valence-corrected chi connectivity index (χ1v) is 10.9. The second kappa shape index (κ2) is 13.2. The van der Waals surface area contributed by atoms with Crippen molar-refractivity contribution in [1.29, 1.82) is 0 Å². The van der Waals surface area contributed by atoms with E-state index in [-0.39, 0.29) is 62.9 Å². The Hall–Kier alpha value is -0.176. The van der Waals surface area contributed by atoms with E-state index >= 15 is 0 Å². The summed E-state index contributed by atoms with van der Waals surface area (Å²) in [7, 11) is -4.97. The first-order chi connectivity index (χ1) is 12.4. The average molecular weight is 463 g/mol. The van der Waals surface area contributed by atoms with E-state index in [1.54, 1.807) is 0 Å². The van der Waals surface area contributed by atoms with E-state index < -0.39 is 39.3 Å². The maximum Gasteiger partial charge on any atom is 0.581 e. The van der Waals surface area contributed by atoms with Gasteiger partial charge < -0.3 is 13.3 Å². The molecular formula is C16H33F7O3Si2. The van der Waals surface area contributed by atoms with E-state index in [1.807, 2.05) is 0 Å². The Morgan fingerprint density at radius 1 is 0.607 bits per heavy atom. The van der Waals surface area contributed by atoms with Crippen LogP contribution in [0.1, 0.15) is 65.7 Å². The monoisotopic (exact) mass is 462 g/mol. The predicted molar refractivity (Wildman–Crippen MR) is 100 cm³/mol. The highest BCUT2D eigenvalue weighted by atomic mass is 28.4. The predicted octanol–water partition coefficient (Wildman–Crippen LogP) is 4.69. The minimum atomic E-state index is -4.97. The van der Waals surface area contributed by atoms with Gasteiger partial charge in [0.25, 0.3) is 0 Å². The fourth-order valence-electron chi connectivity index (χ4n) is 2.55. The van der Waals surface area contributed by atoms with Crippen LogP contribution in [0.4, 0.5) is 30.7 Å². The van der Waals surface area contributed by atoms with Crippen LogP contribution in [0.3, 0.4) is 0 Å². The van der Waals surface area contributed by atoms with E-state index in [2.05, 4.69) is 0 Å². The van der Waals surface area contributed by atoms with Gasteiger partial charge in [0.05, 0.1) is 0 Å². The fraction of sp³-hybridized carbons (Fsp3) is 1.00. The van der Waals surface area contributed by atoms with Gasteiger partial charge in [0.15, 0.2) is 0 Å². The zero-order chi connectivity index (χ0) is 21.2. The molecule has 12 heteroatoms. The van der Waals surface area contributed by atoms with Crippen LogP contribution < -0.4 is 0 Å². The van der Waals surface area contributed by atoms with Crippen LogP contribution in [-0.4, -0.2) is 57.2 Å². The molecule has 28 heavy (non-hydrogen) atoms. The summed E-state index contributed by atoms with van der Waals surface area (Å²) in [5, 5.41) is 0. The van der Waals surface area contributed by atoms with Crippen molar-refractivity contribution in [1.82, 2.24) is 0 Å². The van der Waals surface area contributed by atoms with Crippen molar-refractivity contribution in [2.45, 2.75) is 83.4 Å². The van der Waals surface area contributed by atoms with Gasteiger partial charge in [0.2, 0.25) is 0 Å². The number of rotatable bonds is 15. The van der Waals surface area contributed by atoms with Crippen LogP contribution in [0.25, 0.3) is 0 Å². The molecule has 0 rings (SSSR count). The van der Waals surface area contributed by atoms with E-state index in [1.165, 1.54) is 20.8 Å². The van der Waals surface area contributed by atoms with Crippen LogP contribution in [0.5, 0.6) is 0 Å². The number of alkyl halides is 7. The SMILES string of the molecule is CCO[Si](OCC)(OCC)C(F)(F)C(F)(F)CCCCCCCC(F)(F)F.[SiH4]. The summed E-state index contributed by atoms with van der Waals surface area (Å²) in [6, 6.07) is 0. The molecule has 0 unspecified atom stereocenters. The summed E-state index contributed by atoms with van der Waals surface area (Å²) < 4.78 is 109. The lowest BCUT2D eigenvalue weighted by Crippen LogP contribution is -2.68. The molecule has 0 radical (unpaired) electrons. The van der Waals surface area contributed by atoms with E-state index in [0.717, 1.165) is 0 Å². The molecule has 0 fully saturated rings. The Kier molecular flexibility index (Phi) is 14.1. The zero-order valence-electron chi connectivity index (χ0n) is 15.9. The van der Waals surface area contributed by atoms with Crippen LogP contribution in [0.2, 0.25) is 0 Å². The maximum atomic E-state index is 14.7. The maximum absolute atomic E-state index is 14.7.